The van der Waals surface area contributed by atoms with E-state index < -0.39 is 0 Å². The fourth-order valence-corrected chi connectivity index (χ4v) is 3.97. The lowest BCUT2D eigenvalue weighted by Crippen LogP contribution is -2.55. The van der Waals surface area contributed by atoms with E-state index >= 15 is 0 Å². The van der Waals surface area contributed by atoms with E-state index in [0.717, 1.165) is 44.5 Å². The van der Waals surface area contributed by atoms with E-state index in [0.29, 0.717) is 19.5 Å². The van der Waals surface area contributed by atoms with Crippen molar-refractivity contribution in [1.82, 2.24) is 20.1 Å². The topological polar surface area (TPSA) is 65.5 Å². The van der Waals surface area contributed by atoms with Crippen LogP contribution in [0, 0.1) is 5.41 Å². The number of amides is 2. The number of nitrogens with one attached hydrogen (secondary N) is 1. The highest BCUT2D eigenvalue weighted by atomic mass is 16.2. The van der Waals surface area contributed by atoms with E-state index in [4.69, 9.17) is 0 Å². The minimum absolute atomic E-state index is 0.0581. The highest BCUT2D eigenvalue weighted by Crippen LogP contribution is 2.39. The van der Waals surface area contributed by atoms with Gasteiger partial charge in [-0.05, 0) is 44.0 Å². The van der Waals surface area contributed by atoms with Gasteiger partial charge in [0, 0.05) is 50.4 Å². The van der Waals surface area contributed by atoms with Crippen molar-refractivity contribution in [2.24, 2.45) is 5.41 Å². The molecular weight excluding hydrogens is 304 g/mol. The first-order valence-corrected chi connectivity index (χ1v) is 8.71. The Hall–Kier alpha value is -1.95. The summed E-state index contributed by atoms with van der Waals surface area (Å²) in [6.07, 6.45) is 7.11. The standard InChI is InChI=1S/C18H26N4O2/c1-19-11-17(24)21-10-2-6-18(13-21)7-3-16(23)22(14-18)12-15-4-8-20-9-5-15/h4-5,8-9,19H,2-3,6-7,10-14H2,1H3/t18-/m0/s1. The summed E-state index contributed by atoms with van der Waals surface area (Å²) in [5.74, 6) is 0.380. The van der Waals surface area contributed by atoms with Gasteiger partial charge in [-0.25, -0.2) is 0 Å². The fourth-order valence-electron chi connectivity index (χ4n) is 3.97. The maximum absolute atomic E-state index is 12.4. The van der Waals surface area contributed by atoms with Gasteiger partial charge in [-0.1, -0.05) is 0 Å². The molecule has 0 unspecified atom stereocenters. The number of nitrogens with zero attached hydrogens (tertiary/aromatic N) is 3. The van der Waals surface area contributed by atoms with E-state index in [9.17, 15) is 9.59 Å². The molecular formula is C18H26N4O2. The van der Waals surface area contributed by atoms with Gasteiger partial charge in [0.25, 0.3) is 0 Å². The number of piperidine rings is 2. The number of rotatable bonds is 4. The first kappa shape index (κ1) is 16.9. The summed E-state index contributed by atoms with van der Waals surface area (Å²) >= 11 is 0. The first-order chi connectivity index (χ1) is 11.6. The zero-order chi connectivity index (χ0) is 17.0. The van der Waals surface area contributed by atoms with Gasteiger partial charge in [0.2, 0.25) is 11.8 Å². The second-order valence-corrected chi connectivity index (χ2v) is 7.05. The summed E-state index contributed by atoms with van der Waals surface area (Å²) < 4.78 is 0. The average molecular weight is 330 g/mol. The van der Waals surface area contributed by atoms with E-state index in [1.54, 1.807) is 19.4 Å². The zero-order valence-corrected chi connectivity index (χ0v) is 14.3. The van der Waals surface area contributed by atoms with E-state index in [1.807, 2.05) is 21.9 Å². The van der Waals surface area contributed by atoms with Crippen LogP contribution in [0.4, 0.5) is 0 Å². The summed E-state index contributed by atoms with van der Waals surface area (Å²) in [6.45, 7) is 3.37. The van der Waals surface area contributed by atoms with Crippen molar-refractivity contribution in [3.8, 4) is 0 Å². The molecule has 1 aromatic rings. The Balaban J connectivity index is 1.69. The van der Waals surface area contributed by atoms with Gasteiger partial charge >= 0.3 is 0 Å². The zero-order valence-electron chi connectivity index (χ0n) is 14.3. The van der Waals surface area contributed by atoms with Crippen molar-refractivity contribution in [2.45, 2.75) is 32.2 Å². The molecule has 2 saturated heterocycles. The minimum atomic E-state index is 0.0581. The number of carbonyl (C=O) groups is 2. The molecule has 0 radical (unpaired) electrons. The highest BCUT2D eigenvalue weighted by molar-refractivity contribution is 5.79. The smallest absolute Gasteiger partial charge is 0.236 e. The Kier molecular flexibility index (Phi) is 5.14. The van der Waals surface area contributed by atoms with Crippen molar-refractivity contribution < 1.29 is 9.59 Å². The molecule has 2 amide bonds. The van der Waals surface area contributed by atoms with Crippen molar-refractivity contribution in [3.63, 3.8) is 0 Å². The molecule has 2 fully saturated rings. The monoisotopic (exact) mass is 330 g/mol. The van der Waals surface area contributed by atoms with Gasteiger partial charge in [0.1, 0.15) is 0 Å². The maximum Gasteiger partial charge on any atom is 0.236 e. The summed E-state index contributed by atoms with van der Waals surface area (Å²) in [7, 11) is 1.80. The number of aromatic nitrogens is 1. The predicted octanol–water partition coefficient (Wildman–Crippen LogP) is 1.03. The van der Waals surface area contributed by atoms with Crippen LogP contribution in [0.15, 0.2) is 24.5 Å². The van der Waals surface area contributed by atoms with Crippen LogP contribution in [0.1, 0.15) is 31.2 Å². The predicted molar refractivity (Wildman–Crippen MR) is 91.1 cm³/mol. The molecule has 1 spiro atoms. The maximum atomic E-state index is 12.4. The Labute approximate surface area is 143 Å². The van der Waals surface area contributed by atoms with Crippen LogP contribution < -0.4 is 5.32 Å². The molecule has 24 heavy (non-hydrogen) atoms. The van der Waals surface area contributed by atoms with Crippen LogP contribution in [-0.4, -0.2) is 59.8 Å². The molecule has 3 rings (SSSR count). The summed E-state index contributed by atoms with van der Waals surface area (Å²) in [5.41, 5.74) is 1.16. The second-order valence-electron chi connectivity index (χ2n) is 7.05. The Morgan fingerprint density at radius 3 is 2.83 bits per heavy atom. The van der Waals surface area contributed by atoms with E-state index in [1.165, 1.54) is 0 Å². The van der Waals surface area contributed by atoms with Crippen molar-refractivity contribution in [3.05, 3.63) is 30.1 Å². The molecule has 0 saturated carbocycles. The van der Waals surface area contributed by atoms with Gasteiger partial charge in [-0.2, -0.15) is 0 Å². The molecule has 2 aliphatic rings. The van der Waals surface area contributed by atoms with Crippen LogP contribution in [0.3, 0.4) is 0 Å². The SMILES string of the molecule is CNCC(=O)N1CCC[C@]2(CCC(=O)N(Cc3ccncc3)C2)C1. The molecule has 6 nitrogen and oxygen atoms in total. The van der Waals surface area contributed by atoms with Crippen LogP contribution >= 0.6 is 0 Å². The molecule has 1 atom stereocenters. The average Bonchev–Trinajstić information content (AvgIpc) is 2.60. The third-order valence-electron chi connectivity index (χ3n) is 5.21. The quantitative estimate of drug-likeness (QED) is 0.896. The van der Waals surface area contributed by atoms with Crippen molar-refractivity contribution in [2.75, 3.05) is 33.2 Å². The third-order valence-corrected chi connectivity index (χ3v) is 5.21. The Bertz CT molecular complexity index is 592. The molecule has 130 valence electrons. The van der Waals surface area contributed by atoms with E-state index in [-0.39, 0.29) is 17.2 Å². The number of hydrogen-bond donors (Lipinski definition) is 1. The van der Waals surface area contributed by atoms with Crippen molar-refractivity contribution in [1.29, 1.82) is 0 Å². The Morgan fingerprint density at radius 2 is 2.08 bits per heavy atom. The minimum Gasteiger partial charge on any atom is -0.341 e. The highest BCUT2D eigenvalue weighted by Gasteiger charge is 2.42. The van der Waals surface area contributed by atoms with Gasteiger partial charge in [-0.15, -0.1) is 0 Å². The lowest BCUT2D eigenvalue weighted by molar-refractivity contribution is -0.143. The first-order valence-electron chi connectivity index (χ1n) is 8.71. The number of likely N-dealkylation sites (N-methyl/N-ethyl adjacent to an activating group) is 1. The molecule has 0 aromatic carbocycles. The molecule has 6 heteroatoms. The number of carbonyl (C=O) groups excluding carboxylic acids is 2. The van der Waals surface area contributed by atoms with Crippen LogP contribution in [0.25, 0.3) is 0 Å². The number of hydrogen-bond acceptors (Lipinski definition) is 4. The van der Waals surface area contributed by atoms with Gasteiger partial charge in [0.05, 0.1) is 6.54 Å². The normalized spacial score (nSPS) is 24.5. The van der Waals surface area contributed by atoms with Gasteiger partial charge in [-0.3, -0.25) is 14.6 Å². The molecule has 3 heterocycles. The fraction of sp³-hybridized carbons (Fsp3) is 0.611. The molecule has 0 bridgehead atoms. The summed E-state index contributed by atoms with van der Waals surface area (Å²) in [6, 6.07) is 3.91. The van der Waals surface area contributed by atoms with Gasteiger partial charge in [0.15, 0.2) is 0 Å². The Morgan fingerprint density at radius 1 is 1.29 bits per heavy atom. The molecule has 2 aliphatic heterocycles. The lowest BCUT2D eigenvalue weighted by Gasteiger charge is -2.48. The largest absolute Gasteiger partial charge is 0.341 e. The second kappa shape index (κ2) is 7.30. The molecule has 1 aromatic heterocycles. The number of pyridine rings is 1. The van der Waals surface area contributed by atoms with Crippen LogP contribution in [0.5, 0.6) is 0 Å². The van der Waals surface area contributed by atoms with Gasteiger partial charge < -0.3 is 15.1 Å². The lowest BCUT2D eigenvalue weighted by atomic mass is 9.73. The van der Waals surface area contributed by atoms with Crippen LogP contribution in [0.2, 0.25) is 0 Å². The van der Waals surface area contributed by atoms with E-state index in [2.05, 4.69) is 10.3 Å². The third kappa shape index (κ3) is 3.75. The number of likely N-dealkylation sites (tertiary alicyclic amines) is 2. The summed E-state index contributed by atoms with van der Waals surface area (Å²) in [5, 5.41) is 2.94. The van der Waals surface area contributed by atoms with Crippen molar-refractivity contribution >= 4 is 11.8 Å². The van der Waals surface area contributed by atoms with Crippen LogP contribution in [-0.2, 0) is 16.1 Å². The molecule has 0 aliphatic carbocycles. The molecule has 1 N–H and O–H groups in total. The summed E-state index contributed by atoms with van der Waals surface area (Å²) in [4.78, 5) is 32.6.